The number of rotatable bonds is 0. The van der Waals surface area contributed by atoms with Crippen molar-refractivity contribution in [2.75, 3.05) is 13.1 Å². The van der Waals surface area contributed by atoms with Crippen LogP contribution in [0.15, 0.2) is 0 Å². The molecule has 1 fully saturated rings. The van der Waals surface area contributed by atoms with E-state index in [-0.39, 0.29) is 12.4 Å². The average Bonchev–Trinajstić information content (AvgIpc) is 2.11. The van der Waals surface area contributed by atoms with Crippen molar-refractivity contribution in [3.63, 3.8) is 0 Å². The van der Waals surface area contributed by atoms with Crippen LogP contribution in [0.5, 0.6) is 0 Å². The van der Waals surface area contributed by atoms with Gasteiger partial charge in [-0.2, -0.15) is 0 Å². The summed E-state index contributed by atoms with van der Waals surface area (Å²) < 4.78 is 8.74. The molecule has 1 aliphatic rings. The first-order valence-corrected chi connectivity index (χ1v) is 4.16. The summed E-state index contributed by atoms with van der Waals surface area (Å²) in [7, 11) is -3.13. The second kappa shape index (κ2) is 9.40. The Labute approximate surface area is 67.0 Å². The Morgan fingerprint density at radius 1 is 1.20 bits per heavy atom. The molecular weight excluding hydrogens is 176 g/mol. The summed E-state index contributed by atoms with van der Waals surface area (Å²) in [6.45, 7) is 2.50. The predicted molar refractivity (Wildman–Crippen MR) is 42.8 cm³/mol. The van der Waals surface area contributed by atoms with E-state index in [4.69, 9.17) is 14.4 Å². The quantitative estimate of drug-likeness (QED) is 0.475. The van der Waals surface area contributed by atoms with Crippen molar-refractivity contribution in [2.45, 2.75) is 12.8 Å². The highest BCUT2D eigenvalue weighted by Gasteiger charge is 1.93. The fourth-order valence-corrected chi connectivity index (χ4v) is 0.625. The topological polar surface area (TPSA) is 69.6 Å². The molecular formula is C4H13ClNO3P. The molecule has 4 nitrogen and oxygen atoms in total. The van der Waals surface area contributed by atoms with Crippen LogP contribution in [-0.2, 0) is 4.57 Å². The molecule has 6 heteroatoms. The average molecular weight is 190 g/mol. The molecule has 0 saturated carbocycles. The maximum atomic E-state index is 8.74. The number of halogens is 1. The van der Waals surface area contributed by atoms with Gasteiger partial charge >= 0.3 is 8.25 Å². The minimum absolute atomic E-state index is 0. The largest absolute Gasteiger partial charge is 0.326 e. The molecule has 0 aromatic rings. The lowest BCUT2D eigenvalue weighted by Crippen LogP contribution is -2.03. The van der Waals surface area contributed by atoms with E-state index in [2.05, 4.69) is 5.32 Å². The van der Waals surface area contributed by atoms with Gasteiger partial charge in [0.2, 0.25) is 0 Å². The van der Waals surface area contributed by atoms with E-state index < -0.39 is 8.25 Å². The van der Waals surface area contributed by atoms with Gasteiger partial charge < -0.3 is 15.1 Å². The SMILES string of the molecule is C1CCNC1.Cl.O=[PH](O)O. The fourth-order valence-electron chi connectivity index (χ4n) is 0.625. The molecule has 0 unspecified atom stereocenters. The minimum Gasteiger partial charge on any atom is -0.326 e. The van der Waals surface area contributed by atoms with E-state index >= 15 is 0 Å². The zero-order chi connectivity index (χ0) is 7.11. The van der Waals surface area contributed by atoms with Crippen molar-refractivity contribution in [2.24, 2.45) is 0 Å². The van der Waals surface area contributed by atoms with Crippen LogP contribution in [0.3, 0.4) is 0 Å². The smallest absolute Gasteiger partial charge is 0.314 e. The molecule has 0 aliphatic carbocycles. The van der Waals surface area contributed by atoms with Gasteiger partial charge in [-0.1, -0.05) is 0 Å². The Morgan fingerprint density at radius 3 is 1.60 bits per heavy atom. The maximum Gasteiger partial charge on any atom is 0.314 e. The third-order valence-corrected chi connectivity index (χ3v) is 0.957. The van der Waals surface area contributed by atoms with Gasteiger partial charge in [0.15, 0.2) is 0 Å². The second-order valence-electron chi connectivity index (χ2n) is 1.74. The van der Waals surface area contributed by atoms with Crippen LogP contribution >= 0.6 is 20.7 Å². The van der Waals surface area contributed by atoms with Gasteiger partial charge in [0.1, 0.15) is 0 Å². The third kappa shape index (κ3) is 15.8. The lowest BCUT2D eigenvalue weighted by Gasteiger charge is -1.76. The highest BCUT2D eigenvalue weighted by atomic mass is 35.5. The summed E-state index contributed by atoms with van der Waals surface area (Å²) in [5, 5.41) is 3.22. The monoisotopic (exact) mass is 189 g/mol. The molecule has 0 aromatic carbocycles. The molecule has 0 spiro atoms. The first-order chi connectivity index (χ1) is 4.23. The summed E-state index contributed by atoms with van der Waals surface area (Å²) in [5.74, 6) is 0. The first kappa shape index (κ1) is 13.0. The van der Waals surface area contributed by atoms with E-state index in [1.807, 2.05) is 0 Å². The molecule has 1 rings (SSSR count). The van der Waals surface area contributed by atoms with E-state index in [9.17, 15) is 0 Å². The van der Waals surface area contributed by atoms with Crippen molar-refractivity contribution < 1.29 is 14.4 Å². The predicted octanol–water partition coefficient (Wildman–Crippen LogP) is 0.152. The first-order valence-electron chi connectivity index (χ1n) is 2.86. The Morgan fingerprint density at radius 2 is 1.50 bits per heavy atom. The molecule has 1 heterocycles. The minimum atomic E-state index is -3.13. The molecule has 3 N–H and O–H groups in total. The molecule has 1 aliphatic heterocycles. The zero-order valence-corrected chi connectivity index (χ0v) is 7.36. The Bertz CT molecular complexity index is 77.0. The van der Waals surface area contributed by atoms with E-state index in [0.717, 1.165) is 0 Å². The lowest BCUT2D eigenvalue weighted by molar-refractivity contribution is 0.405. The zero-order valence-electron chi connectivity index (χ0n) is 5.54. The van der Waals surface area contributed by atoms with Gasteiger partial charge in [0.05, 0.1) is 0 Å². The van der Waals surface area contributed by atoms with Crippen LogP contribution in [0.1, 0.15) is 12.8 Å². The van der Waals surface area contributed by atoms with Gasteiger partial charge in [0.25, 0.3) is 0 Å². The molecule has 0 radical (unpaired) electrons. The van der Waals surface area contributed by atoms with Crippen LogP contribution in [0.2, 0.25) is 0 Å². The maximum absolute atomic E-state index is 8.74. The lowest BCUT2D eigenvalue weighted by atomic mass is 10.4. The highest BCUT2D eigenvalue weighted by Crippen LogP contribution is 1.98. The summed E-state index contributed by atoms with van der Waals surface area (Å²) in [6.07, 6.45) is 2.78. The van der Waals surface area contributed by atoms with Crippen molar-refractivity contribution in [1.82, 2.24) is 5.32 Å². The summed E-state index contributed by atoms with van der Waals surface area (Å²) >= 11 is 0. The molecule has 1 saturated heterocycles. The molecule has 10 heavy (non-hydrogen) atoms. The van der Waals surface area contributed by atoms with E-state index in [0.29, 0.717) is 0 Å². The van der Waals surface area contributed by atoms with Crippen molar-refractivity contribution >= 4 is 20.7 Å². The molecule has 0 atom stereocenters. The number of hydrogen-bond donors (Lipinski definition) is 3. The number of nitrogens with one attached hydrogen (secondary N) is 1. The highest BCUT2D eigenvalue weighted by molar-refractivity contribution is 7.30. The molecule has 64 valence electrons. The van der Waals surface area contributed by atoms with Crippen molar-refractivity contribution in [3.05, 3.63) is 0 Å². The van der Waals surface area contributed by atoms with Gasteiger partial charge in [-0.15, -0.1) is 12.4 Å². The summed E-state index contributed by atoms with van der Waals surface area (Å²) in [6, 6.07) is 0. The van der Waals surface area contributed by atoms with Crippen molar-refractivity contribution in [3.8, 4) is 0 Å². The molecule has 0 bridgehead atoms. The van der Waals surface area contributed by atoms with Crippen LogP contribution in [0.4, 0.5) is 0 Å². The van der Waals surface area contributed by atoms with E-state index in [1.165, 1.54) is 25.9 Å². The van der Waals surface area contributed by atoms with Crippen LogP contribution in [0.25, 0.3) is 0 Å². The summed E-state index contributed by atoms with van der Waals surface area (Å²) in [5.41, 5.74) is 0. The Hall–Kier alpha value is 0.400. The third-order valence-electron chi connectivity index (χ3n) is 0.957. The van der Waals surface area contributed by atoms with Gasteiger partial charge in [0, 0.05) is 0 Å². The fraction of sp³-hybridized carbons (Fsp3) is 1.00. The van der Waals surface area contributed by atoms with Gasteiger partial charge in [-0.05, 0) is 25.9 Å². The Balaban J connectivity index is 0. The van der Waals surface area contributed by atoms with Gasteiger partial charge in [-0.25, -0.2) is 0 Å². The molecule has 0 aromatic heterocycles. The van der Waals surface area contributed by atoms with Crippen LogP contribution in [-0.4, -0.2) is 22.9 Å². The van der Waals surface area contributed by atoms with Gasteiger partial charge in [-0.3, -0.25) is 4.57 Å². The Kier molecular flexibility index (Phi) is 12.2. The number of hydrogen-bond acceptors (Lipinski definition) is 2. The second-order valence-corrected chi connectivity index (χ2v) is 2.30. The normalized spacial score (nSPS) is 15.5. The summed E-state index contributed by atoms with van der Waals surface area (Å²) in [4.78, 5) is 14.3. The van der Waals surface area contributed by atoms with Crippen molar-refractivity contribution in [1.29, 1.82) is 0 Å². The van der Waals surface area contributed by atoms with E-state index in [1.54, 1.807) is 0 Å². The van der Waals surface area contributed by atoms with Crippen LogP contribution < -0.4 is 5.32 Å². The molecule has 0 amide bonds. The van der Waals surface area contributed by atoms with Crippen LogP contribution in [0, 0.1) is 0 Å². The standard InChI is InChI=1S/C4H9N.ClH.H3O3P/c1-2-4-5-3-1;;1-4(2)3/h5H,1-4H2;1H;4H,(H2,1,2,3).